The third kappa shape index (κ3) is 4.03. The largest absolute Gasteiger partial charge is 0.459 e. The summed E-state index contributed by atoms with van der Waals surface area (Å²) in [5, 5.41) is 1.94. The van der Waals surface area contributed by atoms with Crippen LogP contribution in [0.2, 0.25) is 0 Å². The van der Waals surface area contributed by atoms with Crippen molar-refractivity contribution < 1.29 is 23.1 Å². The second kappa shape index (κ2) is 8.68. The summed E-state index contributed by atoms with van der Waals surface area (Å²) in [6.07, 6.45) is 0.390. The lowest BCUT2D eigenvalue weighted by Crippen LogP contribution is -2.34. The normalized spacial score (nSPS) is 18.9. The Hall–Kier alpha value is -2.91. The van der Waals surface area contributed by atoms with Crippen LogP contribution in [0.25, 0.3) is 0 Å². The van der Waals surface area contributed by atoms with Crippen LogP contribution in [0.4, 0.5) is 15.8 Å². The summed E-state index contributed by atoms with van der Waals surface area (Å²) in [5.74, 6) is 1.12. The SMILES string of the molecule is CONc1ccc2c(c1)C(c1ccc(C3OCCCO3)o1)NN2Cc1ccccc1F. The Morgan fingerprint density at radius 3 is 2.71 bits per heavy atom. The van der Waals surface area contributed by atoms with Gasteiger partial charge in [-0.2, -0.15) is 0 Å². The number of benzene rings is 2. The van der Waals surface area contributed by atoms with E-state index in [-0.39, 0.29) is 11.9 Å². The first kappa shape index (κ1) is 20.0. The first-order valence-corrected chi connectivity index (χ1v) is 10.3. The topological polar surface area (TPSA) is 68.1 Å². The molecule has 1 saturated heterocycles. The number of anilines is 2. The molecule has 3 heterocycles. The van der Waals surface area contributed by atoms with Gasteiger partial charge in [0, 0.05) is 11.1 Å². The summed E-state index contributed by atoms with van der Waals surface area (Å²) in [5.41, 5.74) is 9.67. The summed E-state index contributed by atoms with van der Waals surface area (Å²) in [6, 6.07) is 16.2. The zero-order valence-corrected chi connectivity index (χ0v) is 17.1. The summed E-state index contributed by atoms with van der Waals surface area (Å²) < 4.78 is 31.7. The van der Waals surface area contributed by atoms with E-state index in [1.807, 2.05) is 41.4 Å². The number of hydrazine groups is 1. The lowest BCUT2D eigenvalue weighted by molar-refractivity contribution is -0.191. The Morgan fingerprint density at radius 2 is 1.90 bits per heavy atom. The minimum absolute atomic E-state index is 0.237. The lowest BCUT2D eigenvalue weighted by Gasteiger charge is -2.22. The van der Waals surface area contributed by atoms with Gasteiger partial charge in [-0.3, -0.25) is 10.3 Å². The molecule has 2 aliphatic heterocycles. The molecule has 1 unspecified atom stereocenters. The summed E-state index contributed by atoms with van der Waals surface area (Å²) in [6.45, 7) is 1.66. The molecule has 5 rings (SSSR count). The molecule has 0 bridgehead atoms. The predicted octanol–water partition coefficient (Wildman–Crippen LogP) is 4.44. The van der Waals surface area contributed by atoms with E-state index in [0.29, 0.717) is 31.1 Å². The van der Waals surface area contributed by atoms with E-state index < -0.39 is 6.29 Å². The zero-order chi connectivity index (χ0) is 21.2. The minimum Gasteiger partial charge on any atom is -0.459 e. The van der Waals surface area contributed by atoms with Gasteiger partial charge in [-0.25, -0.2) is 9.82 Å². The van der Waals surface area contributed by atoms with Gasteiger partial charge < -0.3 is 18.9 Å². The highest BCUT2D eigenvalue weighted by Crippen LogP contribution is 2.40. The van der Waals surface area contributed by atoms with Gasteiger partial charge in [0.15, 0.2) is 5.76 Å². The highest BCUT2D eigenvalue weighted by Gasteiger charge is 2.33. The number of fused-ring (bicyclic) bond motifs is 1. The van der Waals surface area contributed by atoms with Gasteiger partial charge in [0.05, 0.1) is 38.2 Å². The fourth-order valence-electron chi connectivity index (χ4n) is 3.95. The molecule has 2 aliphatic rings. The van der Waals surface area contributed by atoms with Crippen LogP contribution < -0.4 is 15.9 Å². The second-order valence-electron chi connectivity index (χ2n) is 7.49. The van der Waals surface area contributed by atoms with Gasteiger partial charge in [-0.1, -0.05) is 18.2 Å². The van der Waals surface area contributed by atoms with Gasteiger partial charge in [0.25, 0.3) is 0 Å². The molecule has 2 N–H and O–H groups in total. The Bertz CT molecular complexity index is 1050. The van der Waals surface area contributed by atoms with Crippen molar-refractivity contribution in [2.75, 3.05) is 30.8 Å². The molecule has 0 radical (unpaired) electrons. The minimum atomic E-state index is -0.487. The predicted molar refractivity (Wildman–Crippen MR) is 113 cm³/mol. The lowest BCUT2D eigenvalue weighted by atomic mass is 10.0. The quantitative estimate of drug-likeness (QED) is 0.566. The van der Waals surface area contributed by atoms with E-state index in [1.165, 1.54) is 6.07 Å². The molecule has 1 fully saturated rings. The van der Waals surface area contributed by atoms with Crippen LogP contribution in [0.15, 0.2) is 59.0 Å². The average Bonchev–Trinajstić information content (AvgIpc) is 3.41. The average molecular weight is 425 g/mol. The van der Waals surface area contributed by atoms with Gasteiger partial charge in [-0.05, 0) is 42.8 Å². The smallest absolute Gasteiger partial charge is 0.217 e. The van der Waals surface area contributed by atoms with E-state index in [9.17, 15) is 4.39 Å². The van der Waals surface area contributed by atoms with Crippen LogP contribution in [-0.4, -0.2) is 20.3 Å². The molecule has 1 atom stereocenters. The van der Waals surface area contributed by atoms with Gasteiger partial charge >= 0.3 is 0 Å². The third-order valence-corrected chi connectivity index (χ3v) is 5.41. The first-order valence-electron chi connectivity index (χ1n) is 10.3. The van der Waals surface area contributed by atoms with Crippen LogP contribution in [-0.2, 0) is 20.9 Å². The Labute approximate surface area is 179 Å². The molecule has 0 amide bonds. The Kier molecular flexibility index (Phi) is 5.61. The highest BCUT2D eigenvalue weighted by molar-refractivity contribution is 5.65. The highest BCUT2D eigenvalue weighted by atomic mass is 19.1. The first-order chi connectivity index (χ1) is 15.2. The summed E-state index contributed by atoms with van der Waals surface area (Å²) in [4.78, 5) is 5.06. The van der Waals surface area contributed by atoms with Crippen LogP contribution in [0, 0.1) is 5.82 Å². The summed E-state index contributed by atoms with van der Waals surface area (Å²) >= 11 is 0. The van der Waals surface area contributed by atoms with Crippen molar-refractivity contribution in [1.82, 2.24) is 5.43 Å². The molecule has 31 heavy (non-hydrogen) atoms. The molecule has 8 heteroatoms. The van der Waals surface area contributed by atoms with Crippen molar-refractivity contribution in [3.05, 3.63) is 83.1 Å². The van der Waals surface area contributed by atoms with E-state index in [2.05, 4.69) is 10.9 Å². The number of furan rings is 1. The van der Waals surface area contributed by atoms with E-state index >= 15 is 0 Å². The molecule has 1 aromatic heterocycles. The Balaban J connectivity index is 1.46. The molecule has 0 saturated carbocycles. The maximum Gasteiger partial charge on any atom is 0.217 e. The number of halogens is 1. The molecule has 0 spiro atoms. The van der Waals surface area contributed by atoms with E-state index in [4.69, 9.17) is 18.7 Å². The number of rotatable bonds is 6. The molecular weight excluding hydrogens is 401 g/mol. The molecule has 162 valence electrons. The molecule has 7 nitrogen and oxygen atoms in total. The number of nitrogens with one attached hydrogen (secondary N) is 2. The zero-order valence-electron chi connectivity index (χ0n) is 17.1. The number of hydrogen-bond acceptors (Lipinski definition) is 7. The van der Waals surface area contributed by atoms with Crippen molar-refractivity contribution in [2.24, 2.45) is 0 Å². The van der Waals surface area contributed by atoms with Crippen LogP contribution in [0.5, 0.6) is 0 Å². The summed E-state index contributed by atoms with van der Waals surface area (Å²) in [7, 11) is 1.57. The van der Waals surface area contributed by atoms with E-state index in [0.717, 1.165) is 29.1 Å². The molecular formula is C23H24FN3O4. The maximum absolute atomic E-state index is 14.3. The van der Waals surface area contributed by atoms with Gasteiger partial charge in [0.1, 0.15) is 17.6 Å². The number of nitrogens with zero attached hydrogens (tertiary/aromatic N) is 1. The Morgan fingerprint density at radius 1 is 1.10 bits per heavy atom. The molecule has 3 aromatic rings. The standard InChI is InChI=1S/C23H24FN3O4/c1-28-26-16-7-8-19-17(13-16)22(25-27(19)14-15-5-2-3-6-18(15)24)20-9-10-21(31-20)23-29-11-4-12-30-23/h2-3,5-10,13,22-23,25-26H,4,11-12,14H2,1H3. The number of hydrogen-bond donors (Lipinski definition) is 2. The van der Waals surface area contributed by atoms with Crippen LogP contribution in [0.1, 0.15) is 41.4 Å². The van der Waals surface area contributed by atoms with Crippen LogP contribution >= 0.6 is 0 Å². The fraction of sp³-hybridized carbons (Fsp3) is 0.304. The van der Waals surface area contributed by atoms with Gasteiger partial charge in [-0.15, -0.1) is 0 Å². The second-order valence-corrected chi connectivity index (χ2v) is 7.49. The van der Waals surface area contributed by atoms with Crippen molar-refractivity contribution in [3.63, 3.8) is 0 Å². The number of ether oxygens (including phenoxy) is 2. The van der Waals surface area contributed by atoms with Crippen molar-refractivity contribution in [3.8, 4) is 0 Å². The van der Waals surface area contributed by atoms with Crippen LogP contribution in [0.3, 0.4) is 0 Å². The molecule has 0 aliphatic carbocycles. The van der Waals surface area contributed by atoms with Crippen molar-refractivity contribution in [2.45, 2.75) is 25.3 Å². The van der Waals surface area contributed by atoms with E-state index in [1.54, 1.807) is 19.2 Å². The van der Waals surface area contributed by atoms with Crippen molar-refractivity contribution in [1.29, 1.82) is 0 Å². The maximum atomic E-state index is 14.3. The fourth-order valence-corrected chi connectivity index (χ4v) is 3.95. The third-order valence-electron chi connectivity index (χ3n) is 5.41. The van der Waals surface area contributed by atoms with Crippen molar-refractivity contribution >= 4 is 11.4 Å². The van der Waals surface area contributed by atoms with Gasteiger partial charge in [0.2, 0.25) is 6.29 Å². The monoisotopic (exact) mass is 425 g/mol. The molecule has 2 aromatic carbocycles.